The average Bonchev–Trinajstić information content (AvgIpc) is 3.65. The van der Waals surface area contributed by atoms with E-state index in [0.29, 0.717) is 29.1 Å². The van der Waals surface area contributed by atoms with Gasteiger partial charge in [-0.15, -0.1) is 0 Å². The molecule has 0 bridgehead atoms. The molecule has 0 saturated heterocycles. The molecule has 0 aliphatic heterocycles. The molecule has 3 aromatic heterocycles. The van der Waals surface area contributed by atoms with Gasteiger partial charge in [0, 0.05) is 36.6 Å². The molecule has 11 heteroatoms. The number of rotatable bonds is 14. The highest BCUT2D eigenvalue weighted by Gasteiger charge is 2.25. The van der Waals surface area contributed by atoms with Crippen molar-refractivity contribution < 1.29 is 23.1 Å². The number of anilines is 1. The maximum Gasteiger partial charge on any atom is 0.251 e. The number of hydrogen-bond acceptors (Lipinski definition) is 7. The molecule has 0 saturated carbocycles. The van der Waals surface area contributed by atoms with Gasteiger partial charge in [-0.3, -0.25) is 9.89 Å². The van der Waals surface area contributed by atoms with Crippen LogP contribution >= 0.6 is 0 Å². The third-order valence-electron chi connectivity index (χ3n) is 6.46. The van der Waals surface area contributed by atoms with E-state index in [-0.39, 0.29) is 18.7 Å². The highest BCUT2D eigenvalue weighted by Crippen LogP contribution is 2.23. The number of amides is 1. The predicted octanol–water partition coefficient (Wildman–Crippen LogP) is 4.70. The van der Waals surface area contributed by atoms with Gasteiger partial charge in [0.25, 0.3) is 5.91 Å². The fraction of sp³-hybridized carbons (Fsp3) is 0.379. The van der Waals surface area contributed by atoms with Gasteiger partial charge in [-0.1, -0.05) is 13.8 Å². The molecule has 0 aliphatic carbocycles. The number of aryl methyl sites for hydroxylation is 1. The molecular weight excluding hydrogens is 518 g/mol. The second-order valence-electron chi connectivity index (χ2n) is 9.67. The van der Waals surface area contributed by atoms with Gasteiger partial charge in [-0.05, 0) is 68.0 Å². The van der Waals surface area contributed by atoms with Crippen molar-refractivity contribution in [2.75, 3.05) is 18.0 Å². The zero-order valence-corrected chi connectivity index (χ0v) is 22.6. The van der Waals surface area contributed by atoms with Crippen LogP contribution < -0.4 is 10.2 Å². The van der Waals surface area contributed by atoms with Gasteiger partial charge >= 0.3 is 0 Å². The lowest BCUT2D eigenvalue weighted by atomic mass is 9.97. The van der Waals surface area contributed by atoms with Crippen molar-refractivity contribution in [3.05, 3.63) is 83.5 Å². The Morgan fingerprint density at radius 2 is 1.85 bits per heavy atom. The van der Waals surface area contributed by atoms with Crippen molar-refractivity contribution in [2.45, 2.75) is 58.1 Å². The standard InChI is InChI=1S/C29H34F2N6O3/c1-3-10-37(11-4-2)27-17-20(16-25(34-27)29-32-9-12-40-29)28(39)35-24(15-19-13-21(30)18-22(31)14-19)26(38)6-5-23-7-8-33-36-23/h7-9,12-14,16-18,24,26,38H,3-6,10-11,15H2,1-2H3,(H,33,36)(H,35,39). The minimum atomic E-state index is -1.01. The number of aliphatic hydroxyl groups excluding tert-OH is 1. The molecule has 0 aliphatic rings. The van der Waals surface area contributed by atoms with Gasteiger partial charge < -0.3 is 19.7 Å². The normalized spacial score (nSPS) is 12.7. The topological polar surface area (TPSA) is 120 Å². The number of benzene rings is 1. The number of carbonyl (C=O) groups excluding carboxylic acids is 1. The molecule has 9 nitrogen and oxygen atoms in total. The van der Waals surface area contributed by atoms with Crippen molar-refractivity contribution in [3.63, 3.8) is 0 Å². The number of nitrogens with one attached hydrogen (secondary N) is 2. The monoisotopic (exact) mass is 552 g/mol. The zero-order chi connectivity index (χ0) is 28.5. The van der Waals surface area contributed by atoms with Crippen LogP contribution in [0.25, 0.3) is 11.6 Å². The Bertz CT molecular complexity index is 1340. The minimum Gasteiger partial charge on any atom is -0.443 e. The quantitative estimate of drug-likeness (QED) is 0.207. The van der Waals surface area contributed by atoms with E-state index in [1.165, 1.54) is 24.6 Å². The number of aromatic amines is 1. The average molecular weight is 553 g/mol. The van der Waals surface area contributed by atoms with Crippen molar-refractivity contribution in [1.82, 2.24) is 25.5 Å². The maximum absolute atomic E-state index is 13.9. The van der Waals surface area contributed by atoms with E-state index in [0.717, 1.165) is 37.7 Å². The lowest BCUT2D eigenvalue weighted by Crippen LogP contribution is -2.45. The van der Waals surface area contributed by atoms with E-state index in [1.807, 2.05) is 0 Å². The Labute approximate surface area is 231 Å². The summed E-state index contributed by atoms with van der Waals surface area (Å²) >= 11 is 0. The minimum absolute atomic E-state index is 0.0207. The van der Waals surface area contributed by atoms with Crippen LogP contribution in [0, 0.1) is 11.6 Å². The molecule has 3 N–H and O–H groups in total. The zero-order valence-electron chi connectivity index (χ0n) is 22.6. The molecule has 0 spiro atoms. The molecular formula is C29H34F2N6O3. The molecule has 1 aromatic carbocycles. The van der Waals surface area contributed by atoms with Crippen molar-refractivity contribution in [1.29, 1.82) is 0 Å². The van der Waals surface area contributed by atoms with E-state index in [4.69, 9.17) is 9.40 Å². The number of oxazole rings is 1. The second-order valence-corrected chi connectivity index (χ2v) is 9.67. The smallest absolute Gasteiger partial charge is 0.251 e. The van der Waals surface area contributed by atoms with Crippen LogP contribution in [0.5, 0.6) is 0 Å². The predicted molar refractivity (Wildman–Crippen MR) is 147 cm³/mol. The summed E-state index contributed by atoms with van der Waals surface area (Å²) in [6.07, 6.45) is 6.10. The van der Waals surface area contributed by atoms with Gasteiger partial charge in [0.05, 0.1) is 18.3 Å². The summed E-state index contributed by atoms with van der Waals surface area (Å²) in [6.45, 7) is 5.63. The summed E-state index contributed by atoms with van der Waals surface area (Å²) in [5.41, 5.74) is 1.83. The van der Waals surface area contributed by atoms with E-state index >= 15 is 0 Å². The van der Waals surface area contributed by atoms with Crippen LogP contribution in [0.3, 0.4) is 0 Å². The first-order valence-electron chi connectivity index (χ1n) is 13.4. The van der Waals surface area contributed by atoms with Crippen LogP contribution in [0.1, 0.15) is 54.7 Å². The van der Waals surface area contributed by atoms with Crippen LogP contribution in [0.4, 0.5) is 14.6 Å². The molecule has 212 valence electrons. The summed E-state index contributed by atoms with van der Waals surface area (Å²) < 4.78 is 33.3. The molecule has 4 rings (SSSR count). The number of pyridine rings is 1. The first kappa shape index (κ1) is 28.9. The number of aromatic nitrogens is 4. The lowest BCUT2D eigenvalue weighted by molar-refractivity contribution is 0.0814. The van der Waals surface area contributed by atoms with Gasteiger partial charge in [-0.2, -0.15) is 5.10 Å². The van der Waals surface area contributed by atoms with E-state index in [2.05, 4.69) is 39.2 Å². The molecule has 0 radical (unpaired) electrons. The van der Waals surface area contributed by atoms with Gasteiger partial charge in [0.2, 0.25) is 5.89 Å². The van der Waals surface area contributed by atoms with Crippen molar-refractivity contribution >= 4 is 11.7 Å². The maximum atomic E-state index is 13.9. The van der Waals surface area contributed by atoms with Crippen LogP contribution in [0.15, 0.2) is 59.5 Å². The van der Waals surface area contributed by atoms with Crippen LogP contribution in [-0.2, 0) is 12.8 Å². The first-order chi connectivity index (χ1) is 19.4. The number of nitrogens with zero attached hydrogens (tertiary/aromatic N) is 4. The van der Waals surface area contributed by atoms with Crippen molar-refractivity contribution in [2.24, 2.45) is 0 Å². The summed E-state index contributed by atoms with van der Waals surface area (Å²) in [5.74, 6) is -1.04. The van der Waals surface area contributed by atoms with Gasteiger partial charge in [0.1, 0.15) is 29.4 Å². The van der Waals surface area contributed by atoms with Crippen LogP contribution in [0.2, 0.25) is 0 Å². The first-order valence-corrected chi connectivity index (χ1v) is 13.4. The molecule has 4 aromatic rings. The largest absolute Gasteiger partial charge is 0.443 e. The third kappa shape index (κ3) is 7.72. The fourth-order valence-electron chi connectivity index (χ4n) is 4.60. The van der Waals surface area contributed by atoms with Crippen molar-refractivity contribution in [3.8, 4) is 11.6 Å². The molecule has 0 fully saturated rings. The van der Waals surface area contributed by atoms with Crippen LogP contribution in [-0.4, -0.2) is 56.4 Å². The molecule has 40 heavy (non-hydrogen) atoms. The second kappa shape index (κ2) is 13.8. The van der Waals surface area contributed by atoms with Gasteiger partial charge in [-0.25, -0.2) is 18.7 Å². The molecule has 3 heterocycles. The fourth-order valence-corrected chi connectivity index (χ4v) is 4.60. The SMILES string of the molecule is CCCN(CCC)c1cc(C(=O)NC(Cc2cc(F)cc(F)c2)C(O)CCc2ccn[nH]2)cc(-c2ncco2)n1. The Hall–Kier alpha value is -4.12. The highest BCUT2D eigenvalue weighted by molar-refractivity contribution is 5.96. The summed E-state index contributed by atoms with van der Waals surface area (Å²) in [4.78, 5) is 24.6. The Balaban J connectivity index is 1.63. The highest BCUT2D eigenvalue weighted by atomic mass is 19.1. The summed E-state index contributed by atoms with van der Waals surface area (Å²) in [5, 5.41) is 20.8. The number of hydrogen-bond donors (Lipinski definition) is 3. The van der Waals surface area contributed by atoms with E-state index < -0.39 is 29.7 Å². The Kier molecular flexibility index (Phi) is 9.96. The number of halogens is 2. The number of H-pyrrole nitrogens is 1. The Morgan fingerprint density at radius 3 is 2.48 bits per heavy atom. The van der Waals surface area contributed by atoms with Gasteiger partial charge in [0.15, 0.2) is 0 Å². The third-order valence-corrected chi connectivity index (χ3v) is 6.46. The summed E-state index contributed by atoms with van der Waals surface area (Å²) in [7, 11) is 0. The lowest BCUT2D eigenvalue weighted by Gasteiger charge is -2.26. The Morgan fingerprint density at radius 1 is 1.10 bits per heavy atom. The number of carbonyl (C=O) groups is 1. The summed E-state index contributed by atoms with van der Waals surface area (Å²) in [6, 6.07) is 7.42. The molecule has 2 unspecified atom stereocenters. The molecule has 1 amide bonds. The number of aliphatic hydroxyl groups is 1. The molecule has 2 atom stereocenters. The van der Waals surface area contributed by atoms with E-state index in [1.54, 1.807) is 24.4 Å². The van der Waals surface area contributed by atoms with E-state index in [9.17, 15) is 18.7 Å².